The standard InChI is InChI=1S/C8H9N3O2/c12-8(11-4-1-5-13-11)7-2-3-9-10-6-7/h2-3,6H,1,4-5H2. The van der Waals surface area contributed by atoms with E-state index in [0.717, 1.165) is 6.42 Å². The molecule has 5 nitrogen and oxygen atoms in total. The lowest BCUT2D eigenvalue weighted by molar-refractivity contribution is -0.0768. The van der Waals surface area contributed by atoms with Crippen LogP contribution in [0.25, 0.3) is 0 Å². The highest BCUT2D eigenvalue weighted by Gasteiger charge is 2.20. The Bertz CT molecular complexity index is 296. The van der Waals surface area contributed by atoms with E-state index in [9.17, 15) is 4.79 Å². The van der Waals surface area contributed by atoms with Crippen molar-refractivity contribution in [2.45, 2.75) is 6.42 Å². The average Bonchev–Trinajstić information content (AvgIpc) is 2.71. The van der Waals surface area contributed by atoms with Gasteiger partial charge >= 0.3 is 0 Å². The number of hydroxylamine groups is 2. The summed E-state index contributed by atoms with van der Waals surface area (Å²) >= 11 is 0. The fourth-order valence-corrected chi connectivity index (χ4v) is 1.17. The quantitative estimate of drug-likeness (QED) is 0.620. The zero-order chi connectivity index (χ0) is 9.10. The fourth-order valence-electron chi connectivity index (χ4n) is 1.17. The number of carbonyl (C=O) groups excluding carboxylic acids is 1. The first-order chi connectivity index (χ1) is 6.38. The van der Waals surface area contributed by atoms with Crippen LogP contribution in [0.4, 0.5) is 0 Å². The molecule has 0 radical (unpaired) electrons. The maximum atomic E-state index is 11.6. The number of amides is 1. The number of nitrogens with zero attached hydrogens (tertiary/aromatic N) is 3. The second-order valence-electron chi connectivity index (χ2n) is 2.73. The van der Waals surface area contributed by atoms with Crippen LogP contribution < -0.4 is 0 Å². The van der Waals surface area contributed by atoms with Crippen LogP contribution in [0.3, 0.4) is 0 Å². The van der Waals surface area contributed by atoms with Crippen LogP contribution >= 0.6 is 0 Å². The molecule has 1 amide bonds. The number of hydrogen-bond acceptors (Lipinski definition) is 4. The Balaban J connectivity index is 2.13. The fraction of sp³-hybridized carbons (Fsp3) is 0.375. The van der Waals surface area contributed by atoms with Crippen molar-refractivity contribution in [2.24, 2.45) is 0 Å². The number of hydrogen-bond donors (Lipinski definition) is 0. The Morgan fingerprint density at radius 3 is 3.08 bits per heavy atom. The third-order valence-electron chi connectivity index (χ3n) is 1.81. The van der Waals surface area contributed by atoms with Crippen molar-refractivity contribution in [1.29, 1.82) is 0 Å². The van der Waals surface area contributed by atoms with E-state index in [4.69, 9.17) is 4.84 Å². The van der Waals surface area contributed by atoms with Crippen molar-refractivity contribution >= 4 is 5.91 Å². The lowest BCUT2D eigenvalue weighted by Gasteiger charge is -2.12. The van der Waals surface area contributed by atoms with Crippen LogP contribution in [0.15, 0.2) is 18.5 Å². The highest BCUT2D eigenvalue weighted by molar-refractivity contribution is 5.93. The van der Waals surface area contributed by atoms with E-state index >= 15 is 0 Å². The normalized spacial score (nSPS) is 16.2. The van der Waals surface area contributed by atoms with Crippen molar-refractivity contribution in [3.05, 3.63) is 24.0 Å². The summed E-state index contributed by atoms with van der Waals surface area (Å²) in [5.41, 5.74) is 0.511. The highest BCUT2D eigenvalue weighted by atomic mass is 16.7. The first-order valence-corrected chi connectivity index (χ1v) is 4.09. The summed E-state index contributed by atoms with van der Waals surface area (Å²) in [5.74, 6) is -0.146. The molecule has 1 aliphatic heterocycles. The summed E-state index contributed by atoms with van der Waals surface area (Å²) in [6.07, 6.45) is 3.82. The molecule has 0 unspecified atom stereocenters. The average molecular weight is 179 g/mol. The van der Waals surface area contributed by atoms with Gasteiger partial charge in [0.25, 0.3) is 5.91 Å². The summed E-state index contributed by atoms with van der Waals surface area (Å²) in [4.78, 5) is 16.7. The molecule has 0 aliphatic carbocycles. The van der Waals surface area contributed by atoms with Gasteiger partial charge in [-0.3, -0.25) is 9.63 Å². The SMILES string of the molecule is O=C(c1ccnnc1)N1CCCO1. The molecule has 2 rings (SSSR count). The zero-order valence-electron chi connectivity index (χ0n) is 7.01. The first kappa shape index (κ1) is 8.12. The van der Waals surface area contributed by atoms with Gasteiger partial charge in [0.1, 0.15) is 0 Å². The van der Waals surface area contributed by atoms with Crippen LogP contribution in [-0.2, 0) is 4.84 Å². The van der Waals surface area contributed by atoms with Crippen LogP contribution in [0, 0.1) is 0 Å². The van der Waals surface area contributed by atoms with Crippen molar-refractivity contribution in [3.63, 3.8) is 0 Å². The van der Waals surface area contributed by atoms with Gasteiger partial charge in [0.15, 0.2) is 0 Å². The maximum Gasteiger partial charge on any atom is 0.279 e. The minimum atomic E-state index is -0.146. The first-order valence-electron chi connectivity index (χ1n) is 4.09. The smallest absolute Gasteiger partial charge is 0.271 e. The number of rotatable bonds is 1. The van der Waals surface area contributed by atoms with Crippen LogP contribution in [0.5, 0.6) is 0 Å². The van der Waals surface area contributed by atoms with E-state index < -0.39 is 0 Å². The molecule has 0 spiro atoms. The van der Waals surface area contributed by atoms with Crippen molar-refractivity contribution in [1.82, 2.24) is 15.3 Å². The second-order valence-corrected chi connectivity index (χ2v) is 2.73. The summed E-state index contributed by atoms with van der Waals surface area (Å²) in [6, 6.07) is 1.62. The molecule has 0 bridgehead atoms. The van der Waals surface area contributed by atoms with Gasteiger partial charge < -0.3 is 0 Å². The van der Waals surface area contributed by atoms with Crippen LogP contribution in [0.2, 0.25) is 0 Å². The predicted octanol–water partition coefficient (Wildman–Crippen LogP) is 0.254. The molecule has 1 aromatic heterocycles. The van der Waals surface area contributed by atoms with E-state index in [0.29, 0.717) is 18.7 Å². The Hall–Kier alpha value is -1.49. The van der Waals surface area contributed by atoms with E-state index in [2.05, 4.69) is 10.2 Å². The molecule has 0 atom stereocenters. The van der Waals surface area contributed by atoms with Crippen molar-refractivity contribution in [2.75, 3.05) is 13.2 Å². The van der Waals surface area contributed by atoms with Crippen LogP contribution in [0.1, 0.15) is 16.8 Å². The molecule has 1 aliphatic rings. The molecule has 5 heteroatoms. The predicted molar refractivity (Wildman–Crippen MR) is 43.6 cm³/mol. The number of carbonyl (C=O) groups is 1. The summed E-state index contributed by atoms with van der Waals surface area (Å²) in [5, 5.41) is 8.58. The minimum Gasteiger partial charge on any atom is -0.271 e. The van der Waals surface area contributed by atoms with E-state index in [1.807, 2.05) is 0 Å². The van der Waals surface area contributed by atoms with Gasteiger partial charge in [0.2, 0.25) is 0 Å². The molecule has 1 saturated heterocycles. The monoisotopic (exact) mass is 179 g/mol. The highest BCUT2D eigenvalue weighted by Crippen LogP contribution is 2.09. The zero-order valence-corrected chi connectivity index (χ0v) is 7.01. The van der Waals surface area contributed by atoms with Gasteiger partial charge in [-0.25, -0.2) is 5.06 Å². The van der Waals surface area contributed by atoms with E-state index in [1.165, 1.54) is 17.5 Å². The molecule has 1 fully saturated rings. The second kappa shape index (κ2) is 3.49. The van der Waals surface area contributed by atoms with Gasteiger partial charge in [-0.05, 0) is 12.5 Å². The van der Waals surface area contributed by atoms with E-state index in [-0.39, 0.29) is 5.91 Å². The van der Waals surface area contributed by atoms with Crippen molar-refractivity contribution < 1.29 is 9.63 Å². The molecule has 0 aromatic carbocycles. The minimum absolute atomic E-state index is 0.146. The Morgan fingerprint density at radius 1 is 1.54 bits per heavy atom. The van der Waals surface area contributed by atoms with Gasteiger partial charge in [-0.2, -0.15) is 10.2 Å². The largest absolute Gasteiger partial charge is 0.279 e. The topological polar surface area (TPSA) is 55.3 Å². The van der Waals surface area contributed by atoms with Gasteiger partial charge in [-0.1, -0.05) is 0 Å². The molecule has 0 saturated carbocycles. The van der Waals surface area contributed by atoms with Gasteiger partial charge in [-0.15, -0.1) is 0 Å². The lowest BCUT2D eigenvalue weighted by Crippen LogP contribution is -2.26. The summed E-state index contributed by atoms with van der Waals surface area (Å²) < 4.78 is 0. The molecule has 13 heavy (non-hydrogen) atoms. The molecule has 1 aromatic rings. The Kier molecular flexibility index (Phi) is 2.18. The lowest BCUT2D eigenvalue weighted by atomic mass is 10.3. The van der Waals surface area contributed by atoms with Gasteiger partial charge in [0.05, 0.1) is 31.1 Å². The van der Waals surface area contributed by atoms with Gasteiger partial charge in [0, 0.05) is 0 Å². The molecule has 68 valence electrons. The summed E-state index contributed by atoms with van der Waals surface area (Å²) in [6.45, 7) is 1.27. The van der Waals surface area contributed by atoms with E-state index in [1.54, 1.807) is 6.07 Å². The third-order valence-corrected chi connectivity index (χ3v) is 1.81. The third kappa shape index (κ3) is 1.65. The summed E-state index contributed by atoms with van der Waals surface area (Å²) in [7, 11) is 0. The maximum absolute atomic E-state index is 11.6. The Labute approximate surface area is 75.3 Å². The number of aromatic nitrogens is 2. The van der Waals surface area contributed by atoms with Crippen molar-refractivity contribution in [3.8, 4) is 0 Å². The Morgan fingerprint density at radius 2 is 2.46 bits per heavy atom. The molecule has 2 heterocycles. The molecule has 0 N–H and O–H groups in total. The van der Waals surface area contributed by atoms with Crippen LogP contribution in [-0.4, -0.2) is 34.3 Å². The molecular weight excluding hydrogens is 170 g/mol. The molecular formula is C8H9N3O2.